The van der Waals surface area contributed by atoms with E-state index in [1.165, 1.54) is 42.3 Å². The molecule has 0 radical (unpaired) electrons. The number of benzene rings is 2. The number of hydrogen-bond donors (Lipinski definition) is 3. The molecule has 2 unspecified atom stereocenters. The number of aryl methyl sites for hydroxylation is 1. The van der Waals surface area contributed by atoms with Gasteiger partial charge in [0.15, 0.2) is 0 Å². The van der Waals surface area contributed by atoms with Crippen molar-refractivity contribution in [3.8, 4) is 28.6 Å². The van der Waals surface area contributed by atoms with E-state index >= 15 is 0 Å². The number of methoxy groups -OCH3 is 1. The molecule has 0 saturated carbocycles. The first kappa shape index (κ1) is 27.4. The lowest BCUT2D eigenvalue weighted by Crippen LogP contribution is -2.32. The topological polar surface area (TPSA) is 151 Å². The number of carboxylic acids is 1. The highest BCUT2D eigenvalue weighted by molar-refractivity contribution is 5.73. The summed E-state index contributed by atoms with van der Waals surface area (Å²) < 4.78 is 55.2. The molecule has 2 atom stereocenters. The van der Waals surface area contributed by atoms with Gasteiger partial charge in [-0.25, -0.2) is 9.67 Å². The van der Waals surface area contributed by atoms with Gasteiger partial charge in [-0.2, -0.15) is 23.3 Å². The second-order valence-electron chi connectivity index (χ2n) is 8.72. The van der Waals surface area contributed by atoms with Crippen LogP contribution in [0, 0.1) is 6.92 Å². The summed E-state index contributed by atoms with van der Waals surface area (Å²) in [4.78, 5) is 19.0. The highest BCUT2D eigenvalue weighted by Crippen LogP contribution is 2.40. The van der Waals surface area contributed by atoms with Crippen LogP contribution in [0.15, 0.2) is 60.9 Å². The molecule has 2 aromatic carbocycles. The number of ether oxygens (including phenoxy) is 2. The van der Waals surface area contributed by atoms with Gasteiger partial charge in [0.1, 0.15) is 11.8 Å². The molecule has 0 spiro atoms. The third-order valence-electron chi connectivity index (χ3n) is 5.75. The van der Waals surface area contributed by atoms with E-state index < -0.39 is 30.2 Å². The van der Waals surface area contributed by atoms with E-state index in [2.05, 4.69) is 15.1 Å². The Balaban J connectivity index is 1.71. The second-order valence-corrected chi connectivity index (χ2v) is 8.72. The molecule has 204 valence electrons. The molecular formula is C26H25F3N6O4. The van der Waals surface area contributed by atoms with E-state index in [-0.39, 0.29) is 35.1 Å². The van der Waals surface area contributed by atoms with Crippen LogP contribution < -0.4 is 20.9 Å². The molecule has 0 saturated heterocycles. The van der Waals surface area contributed by atoms with Crippen molar-refractivity contribution in [1.82, 2.24) is 19.7 Å². The number of rotatable bonds is 9. The van der Waals surface area contributed by atoms with Gasteiger partial charge in [-0.3, -0.25) is 4.79 Å². The predicted octanol–water partition coefficient (Wildman–Crippen LogP) is 3.87. The number of nitrogen functional groups attached to an aromatic ring is 1. The number of nitrogens with two attached hydrogens (primary N) is 2. The lowest BCUT2D eigenvalue weighted by Gasteiger charge is -2.24. The van der Waals surface area contributed by atoms with Gasteiger partial charge in [0.05, 0.1) is 24.7 Å². The number of aromatic nitrogens is 4. The maximum absolute atomic E-state index is 14.4. The molecule has 13 heteroatoms. The van der Waals surface area contributed by atoms with Crippen LogP contribution in [0.25, 0.3) is 16.9 Å². The van der Waals surface area contributed by atoms with Crippen LogP contribution in [-0.4, -0.2) is 50.2 Å². The first-order valence-corrected chi connectivity index (χ1v) is 11.6. The average Bonchev–Trinajstić information content (AvgIpc) is 3.32. The Labute approximate surface area is 221 Å². The van der Waals surface area contributed by atoms with Gasteiger partial charge in [0.2, 0.25) is 17.9 Å². The van der Waals surface area contributed by atoms with Gasteiger partial charge in [-0.05, 0) is 42.7 Å². The van der Waals surface area contributed by atoms with E-state index in [1.807, 2.05) is 0 Å². The van der Waals surface area contributed by atoms with Crippen LogP contribution in [0.2, 0.25) is 0 Å². The Morgan fingerprint density at radius 2 is 1.85 bits per heavy atom. The van der Waals surface area contributed by atoms with E-state index in [1.54, 1.807) is 37.4 Å². The van der Waals surface area contributed by atoms with Crippen LogP contribution in [0.5, 0.6) is 11.6 Å². The molecule has 4 rings (SSSR count). The number of nitrogens with zero attached hydrogens (tertiary/aromatic N) is 4. The summed E-state index contributed by atoms with van der Waals surface area (Å²) in [5.74, 6) is -1.64. The van der Waals surface area contributed by atoms with Crippen LogP contribution in [0.4, 0.5) is 19.1 Å². The maximum Gasteiger partial charge on any atom is 0.429 e. The predicted molar refractivity (Wildman–Crippen MR) is 135 cm³/mol. The maximum atomic E-state index is 14.4. The number of carboxylic acid groups (broad SMARTS) is 1. The van der Waals surface area contributed by atoms with Gasteiger partial charge >= 0.3 is 12.1 Å². The zero-order valence-corrected chi connectivity index (χ0v) is 20.9. The first-order valence-electron chi connectivity index (χ1n) is 11.6. The highest BCUT2D eigenvalue weighted by Gasteiger charge is 2.45. The fraction of sp³-hybridized carbons (Fsp3) is 0.231. The van der Waals surface area contributed by atoms with Gasteiger partial charge in [0.25, 0.3) is 0 Å². The van der Waals surface area contributed by atoms with Crippen molar-refractivity contribution in [2.75, 3.05) is 12.8 Å². The molecule has 0 aliphatic rings. The van der Waals surface area contributed by atoms with E-state index in [4.69, 9.17) is 26.0 Å². The number of anilines is 1. The van der Waals surface area contributed by atoms with Crippen molar-refractivity contribution >= 4 is 11.9 Å². The minimum absolute atomic E-state index is 0.0990. The zero-order valence-electron chi connectivity index (χ0n) is 20.9. The van der Waals surface area contributed by atoms with Crippen molar-refractivity contribution < 1.29 is 32.5 Å². The number of aliphatic carboxylic acids is 1. The lowest BCUT2D eigenvalue weighted by atomic mass is 10.0. The quantitative estimate of drug-likeness (QED) is 0.286. The summed E-state index contributed by atoms with van der Waals surface area (Å²) >= 11 is 0. The smallest absolute Gasteiger partial charge is 0.429 e. The molecule has 39 heavy (non-hydrogen) atoms. The number of hydrogen-bond acceptors (Lipinski definition) is 8. The summed E-state index contributed by atoms with van der Waals surface area (Å²) in [6.07, 6.45) is -4.09. The van der Waals surface area contributed by atoms with Crippen LogP contribution in [0.3, 0.4) is 0 Å². The fourth-order valence-corrected chi connectivity index (χ4v) is 3.85. The Kier molecular flexibility index (Phi) is 7.72. The van der Waals surface area contributed by atoms with E-state index in [9.17, 15) is 18.0 Å². The van der Waals surface area contributed by atoms with Crippen LogP contribution in [0.1, 0.15) is 22.8 Å². The standard InChI is InChI=1S/C26H25F3N6O4/c1-14-12-32-35(13-14)21-8-7-17(38-2)10-18(21)23(26(27,28)29)39-22-11-20(33-25(31)34-22)16-5-3-15(4-6-16)9-19(30)24(36)37/h3-8,10-13,19,23H,9,30H2,1-2H3,(H,36,37)(H2,31,33,34). The molecule has 5 N–H and O–H groups in total. The summed E-state index contributed by atoms with van der Waals surface area (Å²) in [6, 6.07) is 10.9. The Morgan fingerprint density at radius 1 is 1.13 bits per heavy atom. The molecular weight excluding hydrogens is 517 g/mol. The molecule has 0 aliphatic carbocycles. The lowest BCUT2D eigenvalue weighted by molar-refractivity contribution is -0.198. The Bertz CT molecular complexity index is 1470. The minimum Gasteiger partial charge on any atom is -0.497 e. The van der Waals surface area contributed by atoms with Crippen molar-refractivity contribution in [2.24, 2.45) is 5.73 Å². The fourth-order valence-electron chi connectivity index (χ4n) is 3.85. The molecule has 0 bridgehead atoms. The summed E-state index contributed by atoms with van der Waals surface area (Å²) in [5, 5.41) is 13.1. The average molecular weight is 543 g/mol. The van der Waals surface area contributed by atoms with Crippen molar-refractivity contribution in [3.05, 3.63) is 77.6 Å². The van der Waals surface area contributed by atoms with Crippen molar-refractivity contribution in [2.45, 2.75) is 31.7 Å². The summed E-state index contributed by atoms with van der Waals surface area (Å²) in [6.45, 7) is 1.77. The zero-order chi connectivity index (χ0) is 28.3. The summed E-state index contributed by atoms with van der Waals surface area (Å²) in [7, 11) is 1.35. The van der Waals surface area contributed by atoms with Crippen molar-refractivity contribution in [1.29, 1.82) is 0 Å². The molecule has 4 aromatic rings. The molecule has 0 fully saturated rings. The third-order valence-corrected chi connectivity index (χ3v) is 5.75. The Morgan fingerprint density at radius 3 is 2.44 bits per heavy atom. The van der Waals surface area contributed by atoms with Gasteiger partial charge in [0, 0.05) is 23.4 Å². The Hall–Kier alpha value is -4.65. The first-order chi connectivity index (χ1) is 18.4. The SMILES string of the molecule is COc1ccc(-n2cc(C)cn2)c(C(Oc2cc(-c3ccc(CC(N)C(=O)O)cc3)nc(N)n2)C(F)(F)F)c1. The number of alkyl halides is 3. The monoisotopic (exact) mass is 542 g/mol. The normalized spacial score (nSPS) is 13.1. The van der Waals surface area contributed by atoms with Gasteiger partial charge < -0.3 is 26.0 Å². The highest BCUT2D eigenvalue weighted by atomic mass is 19.4. The van der Waals surface area contributed by atoms with E-state index in [0.29, 0.717) is 11.1 Å². The molecule has 2 heterocycles. The van der Waals surface area contributed by atoms with Gasteiger partial charge in [-0.15, -0.1) is 0 Å². The van der Waals surface area contributed by atoms with E-state index in [0.717, 1.165) is 5.56 Å². The van der Waals surface area contributed by atoms with Crippen molar-refractivity contribution in [3.63, 3.8) is 0 Å². The molecule has 0 aliphatic heterocycles. The second kappa shape index (κ2) is 11.0. The van der Waals surface area contributed by atoms with Crippen LogP contribution >= 0.6 is 0 Å². The number of halogens is 3. The molecule has 2 aromatic heterocycles. The number of carbonyl (C=O) groups is 1. The van der Waals surface area contributed by atoms with Crippen LogP contribution in [-0.2, 0) is 11.2 Å². The molecule has 0 amide bonds. The largest absolute Gasteiger partial charge is 0.497 e. The molecule has 10 nitrogen and oxygen atoms in total. The third kappa shape index (κ3) is 6.44. The van der Waals surface area contributed by atoms with Gasteiger partial charge in [-0.1, -0.05) is 24.3 Å². The minimum atomic E-state index is -4.85. The summed E-state index contributed by atoms with van der Waals surface area (Å²) in [5.41, 5.74) is 13.4.